The lowest BCUT2D eigenvalue weighted by molar-refractivity contribution is -0.107. The molecule has 0 aliphatic rings. The monoisotopic (exact) mass is 402 g/mol. The molecule has 3 N–H and O–H groups in total. The number of hydrogen-bond donors (Lipinski definition) is 2. The lowest BCUT2D eigenvalue weighted by Crippen LogP contribution is -2.37. The summed E-state index contributed by atoms with van der Waals surface area (Å²) in [5.41, 5.74) is 8.47. The molecule has 0 aliphatic carbocycles. The number of thioether (sulfide) groups is 1. The van der Waals surface area contributed by atoms with Gasteiger partial charge in [-0.3, -0.25) is 0 Å². The number of aliphatic hydroxyl groups excluding tert-OH is 1. The Morgan fingerprint density at radius 3 is 2.54 bits per heavy atom. The van der Waals surface area contributed by atoms with Crippen molar-refractivity contribution in [3.05, 3.63) is 42.0 Å². The Bertz CT molecular complexity index is 793. The summed E-state index contributed by atoms with van der Waals surface area (Å²) >= 11 is 1.71. The van der Waals surface area contributed by atoms with Gasteiger partial charge in [0.2, 0.25) is 5.96 Å². The maximum Gasteiger partial charge on any atom is 0.221 e. The number of rotatable bonds is 9. The smallest absolute Gasteiger partial charge is 0.221 e. The lowest BCUT2D eigenvalue weighted by atomic mass is 9.95. The van der Waals surface area contributed by atoms with Crippen molar-refractivity contribution in [1.29, 1.82) is 0 Å². The first-order valence-electron chi connectivity index (χ1n) is 9.14. The molecule has 0 radical (unpaired) electrons. The first kappa shape index (κ1) is 23.7. The Hall–Kier alpha value is -2.38. The number of anilines is 1. The van der Waals surface area contributed by atoms with Gasteiger partial charge in [-0.2, -0.15) is 5.10 Å². The van der Waals surface area contributed by atoms with Crippen LogP contribution in [0.1, 0.15) is 38.2 Å². The minimum Gasteiger partial charge on any atom is -0.400 e. The number of aliphatic hydroxyl groups is 1. The van der Waals surface area contributed by atoms with E-state index in [9.17, 15) is 4.79 Å². The fourth-order valence-corrected chi connectivity index (χ4v) is 3.81. The number of benzene rings is 2. The molecule has 0 spiro atoms. The molecule has 0 saturated carbocycles. The van der Waals surface area contributed by atoms with Crippen LogP contribution in [0, 0.1) is 0 Å². The van der Waals surface area contributed by atoms with Crippen molar-refractivity contribution in [1.82, 2.24) is 0 Å². The van der Waals surface area contributed by atoms with Gasteiger partial charge < -0.3 is 20.5 Å². The highest BCUT2D eigenvalue weighted by atomic mass is 32.2. The van der Waals surface area contributed by atoms with E-state index in [2.05, 4.69) is 61.1 Å². The van der Waals surface area contributed by atoms with E-state index in [1.807, 2.05) is 11.0 Å². The van der Waals surface area contributed by atoms with Crippen molar-refractivity contribution in [3.8, 4) is 0 Å². The number of carbonyl (C=O) groups is 1. The number of nitrogens with zero attached hydrogens (tertiary/aromatic N) is 3. The second-order valence-electron chi connectivity index (χ2n) is 6.25. The fraction of sp³-hybridized carbons (Fsp3) is 0.381. The summed E-state index contributed by atoms with van der Waals surface area (Å²) in [4.78, 5) is 12.4. The third-order valence-electron chi connectivity index (χ3n) is 4.13. The highest BCUT2D eigenvalue weighted by molar-refractivity contribution is 7.99. The van der Waals surface area contributed by atoms with Crippen LogP contribution in [0.25, 0.3) is 10.8 Å². The van der Waals surface area contributed by atoms with Gasteiger partial charge in [-0.1, -0.05) is 44.2 Å². The first-order valence-corrected chi connectivity index (χ1v) is 10.3. The quantitative estimate of drug-likeness (QED) is 0.165. The van der Waals surface area contributed by atoms with Crippen molar-refractivity contribution >= 4 is 47.2 Å². The number of carbonyl (C=O) groups excluding carboxylic acids is 1. The average Bonchev–Trinajstić information content (AvgIpc) is 2.71. The fourth-order valence-electron chi connectivity index (χ4n) is 2.86. The van der Waals surface area contributed by atoms with E-state index in [0.29, 0.717) is 24.2 Å². The van der Waals surface area contributed by atoms with Crippen molar-refractivity contribution in [2.75, 3.05) is 23.6 Å². The Morgan fingerprint density at radius 2 is 1.93 bits per heavy atom. The van der Waals surface area contributed by atoms with Crippen LogP contribution in [0.5, 0.6) is 0 Å². The van der Waals surface area contributed by atoms with Crippen molar-refractivity contribution < 1.29 is 9.90 Å². The van der Waals surface area contributed by atoms with Gasteiger partial charge in [-0.05, 0) is 35.1 Å². The highest BCUT2D eigenvalue weighted by Gasteiger charge is 2.16. The van der Waals surface area contributed by atoms with Gasteiger partial charge in [0, 0.05) is 25.6 Å². The van der Waals surface area contributed by atoms with E-state index >= 15 is 0 Å². The van der Waals surface area contributed by atoms with Crippen molar-refractivity contribution in [2.24, 2.45) is 15.9 Å². The van der Waals surface area contributed by atoms with Gasteiger partial charge in [0.05, 0.1) is 11.6 Å². The largest absolute Gasteiger partial charge is 0.400 e. The number of hydrogen-bond acceptors (Lipinski definition) is 5. The molecule has 0 fully saturated rings. The molecule has 0 heterocycles. The third-order valence-corrected chi connectivity index (χ3v) is 5.15. The Kier molecular flexibility index (Phi) is 10.9. The standard InChI is InChI=1S/C20H26N4OS.CH4O/c1-15(2)16-10-11-19(18-9-5-4-8-17(16)18)24(20(21)23-22-3)14-26-13-7-6-12-25;1-2/h4-5,8-12,15H,3,6-7,13-14H2,1-2H3,(H2,21,23);2H,1H3. The van der Waals surface area contributed by atoms with Gasteiger partial charge in [-0.25, -0.2) is 0 Å². The maximum absolute atomic E-state index is 10.5. The second-order valence-corrected chi connectivity index (χ2v) is 7.32. The molecular formula is C21H30N4O2S. The summed E-state index contributed by atoms with van der Waals surface area (Å²) in [7, 11) is 1.00. The van der Waals surface area contributed by atoms with E-state index in [-0.39, 0.29) is 0 Å². The zero-order valence-electron chi connectivity index (χ0n) is 16.8. The summed E-state index contributed by atoms with van der Waals surface area (Å²) in [6.45, 7) is 7.80. The second kappa shape index (κ2) is 12.9. The number of nitrogens with two attached hydrogens (primary N) is 1. The Balaban J connectivity index is 0.00000190. The topological polar surface area (TPSA) is 91.3 Å². The lowest BCUT2D eigenvalue weighted by Gasteiger charge is -2.25. The molecule has 0 unspecified atom stereocenters. The van der Waals surface area contributed by atoms with Crippen molar-refractivity contribution in [3.63, 3.8) is 0 Å². The average molecular weight is 403 g/mol. The van der Waals surface area contributed by atoms with E-state index < -0.39 is 0 Å². The van der Waals surface area contributed by atoms with Gasteiger partial charge >= 0.3 is 0 Å². The molecule has 152 valence electrons. The summed E-state index contributed by atoms with van der Waals surface area (Å²) in [6, 6.07) is 12.6. The summed E-state index contributed by atoms with van der Waals surface area (Å²) in [5, 5.41) is 16.9. The van der Waals surface area contributed by atoms with Crippen molar-refractivity contribution in [2.45, 2.75) is 32.6 Å². The van der Waals surface area contributed by atoms with Gasteiger partial charge in [0.15, 0.2) is 0 Å². The van der Waals surface area contributed by atoms with E-state index in [0.717, 1.165) is 36.6 Å². The molecule has 0 aromatic heterocycles. The predicted octanol–water partition coefficient (Wildman–Crippen LogP) is 3.98. The summed E-state index contributed by atoms with van der Waals surface area (Å²) < 4.78 is 0. The van der Waals surface area contributed by atoms with Crippen LogP contribution in [-0.4, -0.2) is 42.8 Å². The molecule has 2 rings (SSSR count). The maximum atomic E-state index is 10.5. The van der Waals surface area contributed by atoms with Crippen LogP contribution in [0.15, 0.2) is 46.6 Å². The highest BCUT2D eigenvalue weighted by Crippen LogP contribution is 2.33. The van der Waals surface area contributed by atoms with Crippen LogP contribution in [0.3, 0.4) is 0 Å². The van der Waals surface area contributed by atoms with Crippen LogP contribution in [0.4, 0.5) is 5.69 Å². The summed E-state index contributed by atoms with van der Waals surface area (Å²) in [5.74, 6) is 2.26. The molecule has 2 aromatic carbocycles. The van der Waals surface area contributed by atoms with E-state index in [1.165, 1.54) is 10.9 Å². The Morgan fingerprint density at radius 1 is 1.25 bits per heavy atom. The zero-order valence-corrected chi connectivity index (χ0v) is 17.7. The van der Waals surface area contributed by atoms with Crippen LogP contribution in [-0.2, 0) is 4.79 Å². The van der Waals surface area contributed by atoms with Gasteiger partial charge in [0.25, 0.3) is 0 Å². The molecule has 0 saturated heterocycles. The van der Waals surface area contributed by atoms with Gasteiger partial charge in [0.1, 0.15) is 6.29 Å². The van der Waals surface area contributed by atoms with E-state index in [4.69, 9.17) is 10.8 Å². The summed E-state index contributed by atoms with van der Waals surface area (Å²) in [6.07, 6.45) is 2.39. The molecule has 2 aromatic rings. The zero-order chi connectivity index (χ0) is 20.9. The third kappa shape index (κ3) is 6.35. The first-order chi connectivity index (χ1) is 13.6. The molecule has 6 nitrogen and oxygen atoms in total. The molecule has 28 heavy (non-hydrogen) atoms. The molecule has 0 amide bonds. The Labute approximate surface area is 171 Å². The molecule has 7 heteroatoms. The minimum absolute atomic E-state index is 0.310. The molecule has 0 atom stereocenters. The minimum atomic E-state index is 0.310. The SMILES string of the molecule is C=N/N=C(/N)N(CSCCCC=O)c1ccc(C(C)C)c2ccccc12.CO. The number of guanidine groups is 1. The molecule has 0 aliphatic heterocycles. The number of unbranched alkanes of at least 4 members (excludes halogenated alkanes) is 1. The van der Waals surface area contributed by atoms with Crippen LogP contribution in [0.2, 0.25) is 0 Å². The molecule has 0 bridgehead atoms. The number of fused-ring (bicyclic) bond motifs is 1. The molecular weight excluding hydrogens is 372 g/mol. The predicted molar refractivity (Wildman–Crippen MR) is 122 cm³/mol. The van der Waals surface area contributed by atoms with Gasteiger partial charge in [-0.15, -0.1) is 16.9 Å². The van der Waals surface area contributed by atoms with Crippen LogP contribution >= 0.6 is 11.8 Å². The number of aldehydes is 1. The van der Waals surface area contributed by atoms with Crippen LogP contribution < -0.4 is 10.6 Å². The normalized spacial score (nSPS) is 11.1. The van der Waals surface area contributed by atoms with E-state index in [1.54, 1.807) is 11.8 Å².